The highest BCUT2D eigenvalue weighted by molar-refractivity contribution is 5.68. The molecule has 1 fully saturated rings. The molecular weight excluding hydrogens is 244 g/mol. The van der Waals surface area contributed by atoms with Gasteiger partial charge in [0.05, 0.1) is 11.9 Å². The lowest BCUT2D eigenvalue weighted by molar-refractivity contribution is 0.0248. The van der Waals surface area contributed by atoms with Gasteiger partial charge in [-0.2, -0.15) is 15.4 Å². The molecule has 2 rings (SSSR count). The fraction of sp³-hybridized carbons (Fsp3) is 0.769. The van der Waals surface area contributed by atoms with Crippen molar-refractivity contribution in [2.24, 2.45) is 0 Å². The number of aromatic nitrogens is 3. The maximum Gasteiger partial charge on any atom is 0.410 e. The first kappa shape index (κ1) is 13.8. The Kier molecular flexibility index (Phi) is 4.07. The largest absolute Gasteiger partial charge is 0.444 e. The number of ether oxygens (including phenoxy) is 1. The van der Waals surface area contributed by atoms with E-state index in [-0.39, 0.29) is 12.0 Å². The number of hydrogen-bond donors (Lipinski definition) is 1. The van der Waals surface area contributed by atoms with Crippen LogP contribution in [0, 0.1) is 0 Å². The van der Waals surface area contributed by atoms with Gasteiger partial charge in [-0.25, -0.2) is 4.79 Å². The van der Waals surface area contributed by atoms with E-state index in [0.29, 0.717) is 6.54 Å². The van der Waals surface area contributed by atoms with Gasteiger partial charge in [-0.05, 0) is 33.6 Å². The Hall–Kier alpha value is -1.59. The van der Waals surface area contributed by atoms with Gasteiger partial charge in [-0.1, -0.05) is 6.42 Å². The first-order valence-electron chi connectivity index (χ1n) is 6.79. The number of aromatic amines is 1. The van der Waals surface area contributed by atoms with Crippen molar-refractivity contribution in [2.45, 2.75) is 51.6 Å². The number of carbonyl (C=O) groups is 1. The second kappa shape index (κ2) is 5.59. The van der Waals surface area contributed by atoms with E-state index in [1.54, 1.807) is 11.1 Å². The maximum absolute atomic E-state index is 12.1. The minimum atomic E-state index is -0.452. The lowest BCUT2D eigenvalue weighted by Gasteiger charge is -2.27. The monoisotopic (exact) mass is 266 g/mol. The number of likely N-dealkylation sites (tertiary alicyclic amines) is 1. The van der Waals surface area contributed by atoms with Crippen LogP contribution in [0.25, 0.3) is 0 Å². The average molecular weight is 266 g/mol. The summed E-state index contributed by atoms with van der Waals surface area (Å²) in [7, 11) is 0. The molecule has 0 spiro atoms. The zero-order valence-corrected chi connectivity index (χ0v) is 11.8. The molecule has 1 aliphatic rings. The van der Waals surface area contributed by atoms with E-state index in [9.17, 15) is 4.79 Å². The van der Waals surface area contributed by atoms with Gasteiger partial charge in [-0.3, -0.25) is 0 Å². The number of rotatable bonds is 1. The number of hydrogen-bond acceptors (Lipinski definition) is 4. The minimum absolute atomic E-state index is 0.233. The van der Waals surface area contributed by atoms with Crippen LogP contribution in [0.3, 0.4) is 0 Å². The molecule has 0 radical (unpaired) electrons. The summed E-state index contributed by atoms with van der Waals surface area (Å²) in [4.78, 5) is 13.9. The summed E-state index contributed by atoms with van der Waals surface area (Å²) in [6.07, 6.45) is 4.64. The molecule has 1 aliphatic heterocycles. The quantitative estimate of drug-likeness (QED) is 0.846. The number of carbonyl (C=O) groups excluding carboxylic acids is 1. The first-order chi connectivity index (χ1) is 8.96. The van der Waals surface area contributed by atoms with E-state index < -0.39 is 5.60 Å². The SMILES string of the molecule is CC(C)(C)OC(=O)N1CCCCC(c2cn[nH]n2)C1. The molecule has 19 heavy (non-hydrogen) atoms. The third-order valence-electron chi connectivity index (χ3n) is 3.18. The molecule has 6 nitrogen and oxygen atoms in total. The van der Waals surface area contributed by atoms with Crippen LogP contribution in [0.1, 0.15) is 51.6 Å². The van der Waals surface area contributed by atoms with Crippen molar-refractivity contribution in [1.82, 2.24) is 20.3 Å². The van der Waals surface area contributed by atoms with Crippen LogP contribution in [-0.2, 0) is 4.74 Å². The minimum Gasteiger partial charge on any atom is -0.444 e. The van der Waals surface area contributed by atoms with Crippen LogP contribution >= 0.6 is 0 Å². The Morgan fingerprint density at radius 2 is 2.26 bits per heavy atom. The maximum atomic E-state index is 12.1. The van der Waals surface area contributed by atoms with E-state index in [1.807, 2.05) is 20.8 Å². The molecule has 1 aromatic heterocycles. The molecule has 0 aromatic carbocycles. The molecule has 0 saturated carbocycles. The van der Waals surface area contributed by atoms with Crippen molar-refractivity contribution in [2.75, 3.05) is 13.1 Å². The molecule has 1 saturated heterocycles. The van der Waals surface area contributed by atoms with Gasteiger partial charge >= 0.3 is 6.09 Å². The van der Waals surface area contributed by atoms with Gasteiger partial charge in [0.25, 0.3) is 0 Å². The third-order valence-corrected chi connectivity index (χ3v) is 3.18. The van der Waals surface area contributed by atoms with Gasteiger partial charge in [0.15, 0.2) is 0 Å². The number of nitrogens with zero attached hydrogens (tertiary/aromatic N) is 3. The van der Waals surface area contributed by atoms with Crippen LogP contribution in [-0.4, -0.2) is 45.1 Å². The predicted molar refractivity (Wildman–Crippen MR) is 70.8 cm³/mol. The Labute approximate surface area is 113 Å². The Morgan fingerprint density at radius 1 is 1.47 bits per heavy atom. The third kappa shape index (κ3) is 3.94. The van der Waals surface area contributed by atoms with Crippen LogP contribution in [0.2, 0.25) is 0 Å². The lowest BCUT2D eigenvalue weighted by Crippen LogP contribution is -2.38. The molecule has 1 atom stereocenters. The predicted octanol–water partition coefficient (Wildman–Crippen LogP) is 2.31. The molecule has 0 bridgehead atoms. The summed E-state index contributed by atoms with van der Waals surface area (Å²) in [5.41, 5.74) is 0.475. The van der Waals surface area contributed by atoms with E-state index in [2.05, 4.69) is 15.4 Å². The van der Waals surface area contributed by atoms with Crippen LogP contribution in [0.15, 0.2) is 6.20 Å². The van der Waals surface area contributed by atoms with Crippen molar-refractivity contribution in [3.8, 4) is 0 Å². The zero-order valence-electron chi connectivity index (χ0n) is 11.8. The molecule has 0 aliphatic carbocycles. The van der Waals surface area contributed by atoms with Crippen LogP contribution in [0.5, 0.6) is 0 Å². The van der Waals surface area contributed by atoms with Gasteiger partial charge < -0.3 is 9.64 Å². The Bertz CT molecular complexity index is 411. The Morgan fingerprint density at radius 3 is 2.89 bits per heavy atom. The highest BCUT2D eigenvalue weighted by Crippen LogP contribution is 2.25. The number of nitrogens with one attached hydrogen (secondary N) is 1. The highest BCUT2D eigenvalue weighted by Gasteiger charge is 2.27. The van der Waals surface area contributed by atoms with E-state index >= 15 is 0 Å². The summed E-state index contributed by atoms with van der Waals surface area (Å²) < 4.78 is 5.44. The number of amides is 1. The Balaban J connectivity index is 2.02. The molecule has 1 unspecified atom stereocenters. The standard InChI is InChI=1S/C13H22N4O2/c1-13(2,3)19-12(18)17-7-5-4-6-10(9-17)11-8-14-16-15-11/h8,10H,4-7,9H2,1-3H3,(H,14,15,16). The first-order valence-corrected chi connectivity index (χ1v) is 6.79. The molecule has 2 heterocycles. The summed E-state index contributed by atoms with van der Waals surface area (Å²) in [5, 5.41) is 10.6. The summed E-state index contributed by atoms with van der Waals surface area (Å²) in [5.74, 6) is 0.244. The smallest absolute Gasteiger partial charge is 0.410 e. The van der Waals surface area contributed by atoms with E-state index in [1.165, 1.54) is 0 Å². The fourth-order valence-electron chi connectivity index (χ4n) is 2.28. The van der Waals surface area contributed by atoms with Crippen LogP contribution in [0.4, 0.5) is 4.79 Å². The molecule has 6 heteroatoms. The van der Waals surface area contributed by atoms with E-state index in [0.717, 1.165) is 31.5 Å². The van der Waals surface area contributed by atoms with Gasteiger partial charge in [0, 0.05) is 19.0 Å². The van der Waals surface area contributed by atoms with E-state index in [4.69, 9.17) is 4.74 Å². The molecular formula is C13H22N4O2. The fourth-order valence-corrected chi connectivity index (χ4v) is 2.28. The van der Waals surface area contributed by atoms with Crippen molar-refractivity contribution >= 4 is 6.09 Å². The van der Waals surface area contributed by atoms with Crippen molar-refractivity contribution < 1.29 is 9.53 Å². The van der Waals surface area contributed by atoms with Crippen molar-refractivity contribution in [1.29, 1.82) is 0 Å². The molecule has 1 N–H and O–H groups in total. The molecule has 106 valence electrons. The van der Waals surface area contributed by atoms with Crippen molar-refractivity contribution in [3.63, 3.8) is 0 Å². The second-order valence-electron chi connectivity index (χ2n) is 6.01. The second-order valence-corrected chi connectivity index (χ2v) is 6.01. The summed E-state index contributed by atoms with van der Waals surface area (Å²) in [6, 6.07) is 0. The topological polar surface area (TPSA) is 71.1 Å². The average Bonchev–Trinajstić information content (AvgIpc) is 2.71. The highest BCUT2D eigenvalue weighted by atomic mass is 16.6. The number of H-pyrrole nitrogens is 1. The van der Waals surface area contributed by atoms with Crippen molar-refractivity contribution in [3.05, 3.63) is 11.9 Å². The normalized spacial score (nSPS) is 21.0. The van der Waals surface area contributed by atoms with Gasteiger partial charge in [0.1, 0.15) is 5.60 Å². The lowest BCUT2D eigenvalue weighted by atomic mass is 10.0. The molecule has 1 aromatic rings. The zero-order chi connectivity index (χ0) is 13.9. The van der Waals surface area contributed by atoms with Gasteiger partial charge in [0.2, 0.25) is 0 Å². The summed E-state index contributed by atoms with van der Waals surface area (Å²) >= 11 is 0. The molecule has 1 amide bonds. The van der Waals surface area contributed by atoms with Crippen LogP contribution < -0.4 is 0 Å². The van der Waals surface area contributed by atoms with Gasteiger partial charge in [-0.15, -0.1) is 0 Å². The summed E-state index contributed by atoms with van der Waals surface area (Å²) in [6.45, 7) is 7.07.